The Bertz CT molecular complexity index is 444. The van der Waals surface area contributed by atoms with E-state index in [9.17, 15) is 13.6 Å². The second-order valence-corrected chi connectivity index (χ2v) is 4.16. The molecule has 1 rings (SSSR count). The highest BCUT2D eigenvalue weighted by atomic mass is 19.1. The average Bonchev–Trinajstić information content (AvgIpc) is 2.39. The number of hydrogen-bond acceptors (Lipinski definition) is 4. The second kappa shape index (κ2) is 8.57. The lowest BCUT2D eigenvalue weighted by Gasteiger charge is -2.20. The van der Waals surface area contributed by atoms with Crippen LogP contribution in [0.15, 0.2) is 18.2 Å². The molecule has 7 heteroatoms. The number of nitrogens with one attached hydrogen (secondary N) is 1. The molecule has 0 atom stereocenters. The Kier molecular flexibility index (Phi) is 7.06. The molecule has 5 nitrogen and oxygen atoms in total. The number of aliphatic hydroxyl groups excluding tert-OH is 1. The van der Waals surface area contributed by atoms with Crippen molar-refractivity contribution in [3.8, 4) is 0 Å². The van der Waals surface area contributed by atoms with E-state index in [-0.39, 0.29) is 18.8 Å². The molecule has 0 saturated heterocycles. The molecule has 1 amide bonds. The van der Waals surface area contributed by atoms with Gasteiger partial charge in [-0.1, -0.05) is 0 Å². The van der Waals surface area contributed by atoms with Crippen molar-refractivity contribution in [2.75, 3.05) is 45.3 Å². The minimum absolute atomic E-state index is 0.0132. The van der Waals surface area contributed by atoms with Crippen molar-refractivity contribution < 1.29 is 23.4 Å². The van der Waals surface area contributed by atoms with Gasteiger partial charge in [-0.05, 0) is 12.1 Å². The van der Waals surface area contributed by atoms with Gasteiger partial charge in [0.2, 0.25) is 5.91 Å². The molecule has 1 aromatic carbocycles. The summed E-state index contributed by atoms with van der Waals surface area (Å²) in [7, 11) is 1.53. The molecule has 0 heterocycles. The third-order valence-corrected chi connectivity index (χ3v) is 2.60. The number of halogens is 2. The van der Waals surface area contributed by atoms with E-state index in [1.807, 2.05) is 0 Å². The third kappa shape index (κ3) is 5.60. The van der Waals surface area contributed by atoms with Crippen LogP contribution in [0.1, 0.15) is 0 Å². The SMILES string of the molecule is COCCN(CCO)CC(=O)Nc1ccc(F)cc1F. The van der Waals surface area contributed by atoms with Gasteiger partial charge in [-0.15, -0.1) is 0 Å². The van der Waals surface area contributed by atoms with Crippen molar-refractivity contribution in [1.82, 2.24) is 4.90 Å². The average molecular weight is 288 g/mol. The molecule has 0 unspecified atom stereocenters. The van der Waals surface area contributed by atoms with E-state index in [1.165, 1.54) is 7.11 Å². The Morgan fingerprint density at radius 1 is 1.40 bits per heavy atom. The summed E-state index contributed by atoms with van der Waals surface area (Å²) < 4.78 is 31.0. The van der Waals surface area contributed by atoms with E-state index in [2.05, 4.69) is 5.32 Å². The van der Waals surface area contributed by atoms with Crippen LogP contribution >= 0.6 is 0 Å². The van der Waals surface area contributed by atoms with Crippen molar-refractivity contribution in [2.24, 2.45) is 0 Å². The summed E-state index contributed by atoms with van der Waals surface area (Å²) in [5.41, 5.74) is -0.0768. The number of benzene rings is 1. The minimum atomic E-state index is -0.830. The molecule has 0 aromatic heterocycles. The van der Waals surface area contributed by atoms with Crippen molar-refractivity contribution in [3.63, 3.8) is 0 Å². The van der Waals surface area contributed by atoms with E-state index >= 15 is 0 Å². The fourth-order valence-electron chi connectivity index (χ4n) is 1.62. The van der Waals surface area contributed by atoms with Gasteiger partial charge < -0.3 is 15.2 Å². The molecule has 20 heavy (non-hydrogen) atoms. The molecule has 0 radical (unpaired) electrons. The number of aliphatic hydroxyl groups is 1. The number of amides is 1. The number of carbonyl (C=O) groups is 1. The molecule has 0 fully saturated rings. The first-order valence-electron chi connectivity index (χ1n) is 6.14. The second-order valence-electron chi connectivity index (χ2n) is 4.16. The minimum Gasteiger partial charge on any atom is -0.395 e. The van der Waals surface area contributed by atoms with Gasteiger partial charge >= 0.3 is 0 Å². The molecular formula is C13H18F2N2O3. The van der Waals surface area contributed by atoms with Crippen LogP contribution in [0.4, 0.5) is 14.5 Å². The zero-order chi connectivity index (χ0) is 15.0. The normalized spacial score (nSPS) is 10.8. The van der Waals surface area contributed by atoms with E-state index in [1.54, 1.807) is 4.90 Å². The number of ether oxygens (including phenoxy) is 1. The summed E-state index contributed by atoms with van der Waals surface area (Å²) in [6.07, 6.45) is 0. The van der Waals surface area contributed by atoms with Crippen LogP contribution in [0.5, 0.6) is 0 Å². The Morgan fingerprint density at radius 3 is 2.75 bits per heavy atom. The van der Waals surface area contributed by atoms with Gasteiger partial charge in [0.25, 0.3) is 0 Å². The number of carbonyl (C=O) groups excluding carboxylic acids is 1. The summed E-state index contributed by atoms with van der Waals surface area (Å²) in [4.78, 5) is 13.4. The van der Waals surface area contributed by atoms with Gasteiger partial charge in [0, 0.05) is 26.3 Å². The quantitative estimate of drug-likeness (QED) is 0.744. The highest BCUT2D eigenvalue weighted by Gasteiger charge is 2.12. The van der Waals surface area contributed by atoms with Gasteiger partial charge in [-0.25, -0.2) is 8.78 Å². The predicted octanol–water partition coefficient (Wildman–Crippen LogP) is 0.844. The number of rotatable bonds is 8. The molecule has 0 spiro atoms. The molecule has 1 aromatic rings. The van der Waals surface area contributed by atoms with E-state index < -0.39 is 17.5 Å². The van der Waals surface area contributed by atoms with Gasteiger partial charge in [-0.3, -0.25) is 9.69 Å². The maximum absolute atomic E-state index is 13.4. The molecule has 2 N–H and O–H groups in total. The van der Waals surface area contributed by atoms with Crippen LogP contribution in [0.3, 0.4) is 0 Å². The summed E-state index contributed by atoms with van der Waals surface area (Å²) in [6, 6.07) is 2.93. The molecule has 0 aliphatic rings. The molecule has 0 aliphatic carbocycles. The van der Waals surface area contributed by atoms with Crippen LogP contribution in [-0.2, 0) is 9.53 Å². The first-order chi connectivity index (χ1) is 9.56. The molecule has 0 saturated carbocycles. The van der Waals surface area contributed by atoms with Crippen molar-refractivity contribution in [2.45, 2.75) is 0 Å². The zero-order valence-corrected chi connectivity index (χ0v) is 11.2. The Balaban J connectivity index is 2.55. The molecule has 112 valence electrons. The van der Waals surface area contributed by atoms with Gasteiger partial charge in [0.1, 0.15) is 11.6 Å². The monoisotopic (exact) mass is 288 g/mol. The van der Waals surface area contributed by atoms with Gasteiger partial charge in [-0.2, -0.15) is 0 Å². The van der Waals surface area contributed by atoms with Crippen LogP contribution in [-0.4, -0.2) is 55.9 Å². The fraction of sp³-hybridized carbons (Fsp3) is 0.462. The summed E-state index contributed by atoms with van der Waals surface area (Å²) >= 11 is 0. The topological polar surface area (TPSA) is 61.8 Å². The highest BCUT2D eigenvalue weighted by Crippen LogP contribution is 2.14. The summed E-state index contributed by atoms with van der Waals surface area (Å²) in [5, 5.41) is 11.3. The lowest BCUT2D eigenvalue weighted by atomic mass is 10.3. The lowest BCUT2D eigenvalue weighted by Crippen LogP contribution is -2.37. The Hall–Kier alpha value is -1.57. The molecule has 0 bridgehead atoms. The van der Waals surface area contributed by atoms with Crippen LogP contribution < -0.4 is 5.32 Å². The summed E-state index contributed by atoms with van der Waals surface area (Å²) in [5.74, 6) is -1.98. The van der Waals surface area contributed by atoms with E-state index in [0.717, 1.165) is 12.1 Å². The van der Waals surface area contributed by atoms with Gasteiger partial charge in [0.15, 0.2) is 0 Å². The van der Waals surface area contributed by atoms with Gasteiger partial charge in [0.05, 0.1) is 25.4 Å². The predicted molar refractivity (Wildman–Crippen MR) is 70.4 cm³/mol. The van der Waals surface area contributed by atoms with E-state index in [0.29, 0.717) is 25.8 Å². The first-order valence-corrected chi connectivity index (χ1v) is 6.14. The van der Waals surface area contributed by atoms with Crippen molar-refractivity contribution in [1.29, 1.82) is 0 Å². The third-order valence-electron chi connectivity index (χ3n) is 2.60. The van der Waals surface area contributed by atoms with Crippen molar-refractivity contribution >= 4 is 11.6 Å². The first kappa shape index (κ1) is 16.5. The number of nitrogens with zero attached hydrogens (tertiary/aromatic N) is 1. The Labute approximate surface area is 116 Å². The van der Waals surface area contributed by atoms with Crippen LogP contribution in [0.2, 0.25) is 0 Å². The number of methoxy groups -OCH3 is 1. The van der Waals surface area contributed by atoms with Crippen LogP contribution in [0, 0.1) is 11.6 Å². The maximum Gasteiger partial charge on any atom is 0.238 e. The van der Waals surface area contributed by atoms with Crippen LogP contribution in [0.25, 0.3) is 0 Å². The number of anilines is 1. The standard InChI is InChI=1S/C13H18F2N2O3/c1-20-7-5-17(4-6-18)9-13(19)16-12-3-2-10(14)8-11(12)15/h2-3,8,18H,4-7,9H2,1H3,(H,16,19). The Morgan fingerprint density at radius 2 is 2.15 bits per heavy atom. The zero-order valence-electron chi connectivity index (χ0n) is 11.2. The fourth-order valence-corrected chi connectivity index (χ4v) is 1.62. The molecule has 0 aliphatic heterocycles. The highest BCUT2D eigenvalue weighted by molar-refractivity contribution is 5.92. The lowest BCUT2D eigenvalue weighted by molar-refractivity contribution is -0.117. The number of hydrogen-bond donors (Lipinski definition) is 2. The van der Waals surface area contributed by atoms with Crippen molar-refractivity contribution in [3.05, 3.63) is 29.8 Å². The summed E-state index contributed by atoms with van der Waals surface area (Å²) in [6.45, 7) is 1.08. The molecular weight excluding hydrogens is 270 g/mol. The van der Waals surface area contributed by atoms with E-state index in [4.69, 9.17) is 9.84 Å². The largest absolute Gasteiger partial charge is 0.395 e. The smallest absolute Gasteiger partial charge is 0.238 e. The maximum atomic E-state index is 13.4.